The number of hydrogen-bond donors (Lipinski definition) is 2. The van der Waals surface area contributed by atoms with E-state index in [9.17, 15) is 0 Å². The largest absolute Gasteiger partial charge is 0.355 e. The van der Waals surface area contributed by atoms with Crippen LogP contribution >= 0.6 is 0 Å². The topological polar surface area (TPSA) is 70.2 Å². The lowest BCUT2D eigenvalue weighted by Crippen LogP contribution is -1.92. The van der Waals surface area contributed by atoms with Crippen LogP contribution in [0.3, 0.4) is 0 Å². The van der Waals surface area contributed by atoms with Crippen LogP contribution in [0.25, 0.3) is 45.9 Å². The van der Waals surface area contributed by atoms with Crippen molar-refractivity contribution in [1.82, 2.24) is 24.9 Å². The summed E-state index contributed by atoms with van der Waals surface area (Å²) in [6.07, 6.45) is 8.74. The number of allylic oxidation sites excluding steroid dienone is 1. The molecule has 0 fully saturated rings. The molecule has 0 aliphatic carbocycles. The second-order valence-electron chi connectivity index (χ2n) is 7.70. The van der Waals surface area contributed by atoms with E-state index < -0.39 is 0 Å². The van der Waals surface area contributed by atoms with Crippen molar-refractivity contribution in [2.24, 2.45) is 0 Å². The van der Waals surface area contributed by atoms with Crippen molar-refractivity contribution in [3.05, 3.63) is 101 Å². The molecule has 2 N–H and O–H groups in total. The van der Waals surface area contributed by atoms with Gasteiger partial charge in [-0.05, 0) is 84.5 Å². The Bertz CT molecular complexity index is 1500. The van der Waals surface area contributed by atoms with Crippen molar-refractivity contribution in [3.8, 4) is 0 Å². The van der Waals surface area contributed by atoms with Gasteiger partial charge >= 0.3 is 0 Å². The first-order chi connectivity index (χ1) is 15.3. The monoisotopic (exact) mass is 401 g/mol. The van der Waals surface area contributed by atoms with Crippen LogP contribution in [-0.4, -0.2) is 24.9 Å². The van der Waals surface area contributed by atoms with Crippen molar-refractivity contribution >= 4 is 45.9 Å². The molecule has 6 heterocycles. The van der Waals surface area contributed by atoms with Gasteiger partial charge in [0.25, 0.3) is 0 Å². The Hall–Kier alpha value is -4.25. The zero-order chi connectivity index (χ0) is 20.6. The van der Waals surface area contributed by atoms with Crippen molar-refractivity contribution < 1.29 is 0 Å². The van der Waals surface area contributed by atoms with Gasteiger partial charge in [-0.2, -0.15) is 0 Å². The van der Waals surface area contributed by atoms with Crippen molar-refractivity contribution in [3.63, 3.8) is 0 Å². The number of aromatic amines is 2. The maximum Gasteiger partial charge on any atom is 0.0695 e. The van der Waals surface area contributed by atoms with E-state index in [2.05, 4.69) is 57.4 Å². The summed E-state index contributed by atoms with van der Waals surface area (Å²) >= 11 is 0. The second-order valence-corrected chi connectivity index (χ2v) is 7.70. The summed E-state index contributed by atoms with van der Waals surface area (Å²) in [7, 11) is 0. The van der Waals surface area contributed by atoms with E-state index in [-0.39, 0.29) is 0 Å². The highest BCUT2D eigenvalue weighted by Crippen LogP contribution is 2.26. The van der Waals surface area contributed by atoms with Crippen molar-refractivity contribution in [2.45, 2.75) is 6.42 Å². The van der Waals surface area contributed by atoms with Crippen LogP contribution < -0.4 is 0 Å². The fourth-order valence-electron chi connectivity index (χ4n) is 3.91. The molecule has 4 aromatic rings. The van der Waals surface area contributed by atoms with E-state index in [4.69, 9.17) is 9.97 Å². The van der Waals surface area contributed by atoms with Crippen LogP contribution in [0.15, 0.2) is 72.9 Å². The first kappa shape index (κ1) is 17.6. The van der Waals surface area contributed by atoms with Crippen molar-refractivity contribution in [2.75, 3.05) is 0 Å². The Kier molecular flexibility index (Phi) is 4.10. The molecule has 0 aromatic carbocycles. The average Bonchev–Trinajstić information content (AvgIpc) is 3.55. The van der Waals surface area contributed by atoms with Gasteiger partial charge in [-0.3, -0.25) is 4.98 Å². The van der Waals surface area contributed by atoms with Gasteiger partial charge < -0.3 is 9.97 Å². The summed E-state index contributed by atoms with van der Waals surface area (Å²) in [4.78, 5) is 21.0. The number of aromatic nitrogens is 5. The molecule has 0 spiro atoms. The third-order valence-corrected chi connectivity index (χ3v) is 5.35. The summed E-state index contributed by atoms with van der Waals surface area (Å²) in [5, 5.41) is 0. The summed E-state index contributed by atoms with van der Waals surface area (Å²) in [5.41, 5.74) is 9.91. The minimum atomic E-state index is 0.724. The smallest absolute Gasteiger partial charge is 0.0695 e. The van der Waals surface area contributed by atoms with Gasteiger partial charge in [0.15, 0.2) is 0 Å². The van der Waals surface area contributed by atoms with Crippen LogP contribution in [0.1, 0.15) is 28.5 Å². The quantitative estimate of drug-likeness (QED) is 0.401. The number of pyridine rings is 1. The Balaban J connectivity index is 1.57. The first-order valence-electron chi connectivity index (χ1n) is 10.2. The third kappa shape index (κ3) is 3.69. The number of nitrogens with one attached hydrogen (secondary N) is 2. The molecule has 31 heavy (non-hydrogen) atoms. The van der Waals surface area contributed by atoms with Crippen LogP contribution in [0, 0.1) is 0 Å². The van der Waals surface area contributed by atoms with E-state index in [1.165, 1.54) is 0 Å². The maximum absolute atomic E-state index is 4.89. The van der Waals surface area contributed by atoms with E-state index in [0.29, 0.717) is 0 Å². The number of nitrogens with zero attached hydrogens (tertiary/aromatic N) is 3. The average molecular weight is 401 g/mol. The van der Waals surface area contributed by atoms with Gasteiger partial charge in [-0.25, -0.2) is 9.97 Å². The first-order valence-corrected chi connectivity index (χ1v) is 10.2. The minimum absolute atomic E-state index is 0.724. The molecular formula is C26H19N5. The zero-order valence-corrected chi connectivity index (χ0v) is 16.7. The Morgan fingerprint density at radius 2 is 1.32 bits per heavy atom. The molecule has 2 aliphatic rings. The highest BCUT2D eigenvalue weighted by atomic mass is 14.8. The highest BCUT2D eigenvalue weighted by molar-refractivity contribution is 5.85. The van der Waals surface area contributed by atoms with Crippen LogP contribution in [0.4, 0.5) is 0 Å². The van der Waals surface area contributed by atoms with Crippen LogP contribution in [0.2, 0.25) is 0 Å². The van der Waals surface area contributed by atoms with Crippen LogP contribution in [0.5, 0.6) is 0 Å². The summed E-state index contributed by atoms with van der Waals surface area (Å²) in [6, 6.07) is 22.5. The lowest BCUT2D eigenvalue weighted by Gasteiger charge is -2.01. The fourth-order valence-corrected chi connectivity index (χ4v) is 3.91. The van der Waals surface area contributed by atoms with Crippen LogP contribution in [-0.2, 0) is 6.42 Å². The molecule has 0 radical (unpaired) electrons. The van der Waals surface area contributed by atoms with E-state index in [1.807, 2.05) is 48.7 Å². The van der Waals surface area contributed by atoms with E-state index in [0.717, 1.165) is 62.5 Å². The lowest BCUT2D eigenvalue weighted by molar-refractivity contribution is 1.12. The van der Waals surface area contributed by atoms with Gasteiger partial charge in [0.05, 0.1) is 22.8 Å². The normalized spacial score (nSPS) is 12.7. The Morgan fingerprint density at radius 3 is 2.03 bits per heavy atom. The predicted molar refractivity (Wildman–Crippen MR) is 126 cm³/mol. The number of fused-ring (bicyclic) bond motifs is 8. The van der Waals surface area contributed by atoms with E-state index >= 15 is 0 Å². The summed E-state index contributed by atoms with van der Waals surface area (Å²) < 4.78 is 0. The molecule has 5 heteroatoms. The Labute approximate surface area is 178 Å². The predicted octanol–water partition coefficient (Wildman–Crippen LogP) is 5.66. The molecule has 148 valence electrons. The third-order valence-electron chi connectivity index (χ3n) is 5.35. The molecular weight excluding hydrogens is 382 g/mol. The number of rotatable bonds is 2. The fraction of sp³-hybridized carbons (Fsp3) is 0.0385. The van der Waals surface area contributed by atoms with Gasteiger partial charge in [0.1, 0.15) is 0 Å². The molecule has 5 nitrogen and oxygen atoms in total. The maximum atomic E-state index is 4.89. The van der Waals surface area contributed by atoms with Gasteiger partial charge in [-0.15, -0.1) is 0 Å². The molecule has 0 saturated carbocycles. The molecule has 4 aromatic heterocycles. The number of H-pyrrole nitrogens is 2. The molecule has 6 rings (SSSR count). The summed E-state index contributed by atoms with van der Waals surface area (Å²) in [6.45, 7) is 0. The molecule has 0 atom stereocenters. The van der Waals surface area contributed by atoms with Gasteiger partial charge in [0.2, 0.25) is 0 Å². The molecule has 8 bridgehead atoms. The molecule has 0 unspecified atom stereocenters. The Morgan fingerprint density at radius 1 is 0.645 bits per heavy atom. The molecule has 0 amide bonds. The molecule has 0 saturated heterocycles. The molecule has 2 aliphatic heterocycles. The SMILES string of the molecule is C1=Cc2cc3ccc(cc4ccc(cc5nc(cc1n2)C(Cc1ccccn1)=C5)[nH]4)[nH]3. The van der Waals surface area contributed by atoms with Crippen molar-refractivity contribution in [1.29, 1.82) is 0 Å². The highest BCUT2D eigenvalue weighted by Gasteiger charge is 2.12. The van der Waals surface area contributed by atoms with Gasteiger partial charge in [-0.1, -0.05) is 6.07 Å². The standard InChI is InChI=1S/C26H19N5/c1-2-10-27-18(3-1)11-17-12-25-15-23-7-6-21(29-23)13-19-4-5-20(28-19)14-22-8-9-24(30-22)16-26(17)31-25/h1-10,12-16,28-29H,11H2. The number of hydrogen-bond acceptors (Lipinski definition) is 3. The lowest BCUT2D eigenvalue weighted by atomic mass is 10.1. The van der Waals surface area contributed by atoms with E-state index in [1.54, 1.807) is 0 Å². The zero-order valence-electron chi connectivity index (χ0n) is 16.7. The van der Waals surface area contributed by atoms with Gasteiger partial charge in [0, 0.05) is 40.4 Å². The minimum Gasteiger partial charge on any atom is -0.355 e. The second kappa shape index (κ2) is 7.22. The summed E-state index contributed by atoms with van der Waals surface area (Å²) in [5.74, 6) is 0.